The lowest BCUT2D eigenvalue weighted by Gasteiger charge is -2.24. The number of piperidine rings is 1. The van der Waals surface area contributed by atoms with E-state index in [1.54, 1.807) is 0 Å². The Morgan fingerprint density at radius 3 is 2.40 bits per heavy atom. The fourth-order valence-electron chi connectivity index (χ4n) is 1.41. The van der Waals surface area contributed by atoms with Gasteiger partial charge in [-0.1, -0.05) is 0 Å². The van der Waals surface area contributed by atoms with E-state index in [1.807, 2.05) is 0 Å². The Balaban J connectivity index is 2.13. The van der Waals surface area contributed by atoms with Crippen molar-refractivity contribution in [2.45, 2.75) is 12.8 Å². The van der Waals surface area contributed by atoms with E-state index in [2.05, 4.69) is 30.9 Å². The molecule has 0 saturated carbocycles. The predicted molar refractivity (Wildman–Crippen MR) is 43.6 cm³/mol. The van der Waals surface area contributed by atoms with Gasteiger partial charge in [-0.05, 0) is 45.9 Å². The second-order valence-electron chi connectivity index (χ2n) is 3.20. The van der Waals surface area contributed by atoms with Gasteiger partial charge in [0.05, 0.1) is 0 Å². The zero-order valence-electron chi connectivity index (χ0n) is 6.93. The SMILES string of the molecule is CN(C)[CH]C1CCNCC1. The molecule has 0 spiro atoms. The lowest BCUT2D eigenvalue weighted by molar-refractivity contribution is 0.333. The van der Waals surface area contributed by atoms with Gasteiger partial charge in [0.15, 0.2) is 0 Å². The highest BCUT2D eigenvalue weighted by molar-refractivity contribution is 4.78. The Bertz CT molecular complexity index is 85.3. The summed E-state index contributed by atoms with van der Waals surface area (Å²) in [6.45, 7) is 4.70. The highest BCUT2D eigenvalue weighted by atomic mass is 15.1. The first-order valence-corrected chi connectivity index (χ1v) is 4.01. The van der Waals surface area contributed by atoms with Crippen molar-refractivity contribution in [1.82, 2.24) is 10.2 Å². The minimum atomic E-state index is 0.816. The van der Waals surface area contributed by atoms with Crippen LogP contribution in [0, 0.1) is 12.5 Å². The molecule has 1 saturated heterocycles. The van der Waals surface area contributed by atoms with Crippen LogP contribution in [0.15, 0.2) is 0 Å². The molecule has 1 radical (unpaired) electrons. The van der Waals surface area contributed by atoms with Crippen LogP contribution in [0.1, 0.15) is 12.8 Å². The van der Waals surface area contributed by atoms with Crippen LogP contribution >= 0.6 is 0 Å². The predicted octanol–water partition coefficient (Wildman–Crippen LogP) is 0.709. The molecular formula is C8H17N2. The van der Waals surface area contributed by atoms with Gasteiger partial charge in [-0.3, -0.25) is 0 Å². The molecule has 0 aromatic rings. The molecule has 1 aliphatic heterocycles. The summed E-state index contributed by atoms with van der Waals surface area (Å²) < 4.78 is 0. The highest BCUT2D eigenvalue weighted by Crippen LogP contribution is 2.14. The molecule has 1 aliphatic rings. The smallest absolute Gasteiger partial charge is 0.0277 e. The Morgan fingerprint density at radius 2 is 1.90 bits per heavy atom. The number of nitrogens with one attached hydrogen (secondary N) is 1. The Morgan fingerprint density at radius 1 is 1.30 bits per heavy atom. The van der Waals surface area contributed by atoms with Crippen molar-refractivity contribution in [2.75, 3.05) is 27.2 Å². The fourth-order valence-corrected chi connectivity index (χ4v) is 1.41. The summed E-state index contributed by atoms with van der Waals surface area (Å²) in [4.78, 5) is 2.16. The Hall–Kier alpha value is -0.0800. The number of hydrogen-bond donors (Lipinski definition) is 1. The van der Waals surface area contributed by atoms with Gasteiger partial charge in [-0.2, -0.15) is 0 Å². The molecule has 0 amide bonds. The van der Waals surface area contributed by atoms with Gasteiger partial charge in [0.1, 0.15) is 0 Å². The van der Waals surface area contributed by atoms with Crippen LogP contribution in [0.2, 0.25) is 0 Å². The van der Waals surface area contributed by atoms with Crippen molar-refractivity contribution in [2.24, 2.45) is 5.92 Å². The van der Waals surface area contributed by atoms with Crippen molar-refractivity contribution in [3.8, 4) is 0 Å². The molecule has 0 aromatic carbocycles. The van der Waals surface area contributed by atoms with Crippen LogP contribution in [0.25, 0.3) is 0 Å². The summed E-state index contributed by atoms with van der Waals surface area (Å²) in [5, 5.41) is 3.35. The first-order chi connectivity index (χ1) is 4.79. The van der Waals surface area contributed by atoms with E-state index in [0.717, 1.165) is 5.92 Å². The summed E-state index contributed by atoms with van der Waals surface area (Å²) >= 11 is 0. The summed E-state index contributed by atoms with van der Waals surface area (Å²) in [5.74, 6) is 0.816. The number of hydrogen-bond acceptors (Lipinski definition) is 2. The van der Waals surface area contributed by atoms with Gasteiger partial charge in [-0.15, -0.1) is 0 Å². The number of rotatable bonds is 2. The molecule has 0 aliphatic carbocycles. The van der Waals surface area contributed by atoms with Crippen molar-refractivity contribution in [3.05, 3.63) is 6.54 Å². The topological polar surface area (TPSA) is 15.3 Å². The van der Waals surface area contributed by atoms with Crippen LogP contribution in [-0.2, 0) is 0 Å². The minimum absolute atomic E-state index is 0.816. The molecule has 0 unspecified atom stereocenters. The summed E-state index contributed by atoms with van der Waals surface area (Å²) in [5.41, 5.74) is 0. The van der Waals surface area contributed by atoms with Crippen LogP contribution < -0.4 is 5.32 Å². The van der Waals surface area contributed by atoms with Gasteiger partial charge >= 0.3 is 0 Å². The maximum absolute atomic E-state index is 3.35. The summed E-state index contributed by atoms with van der Waals surface area (Å²) in [7, 11) is 4.20. The van der Waals surface area contributed by atoms with Crippen LogP contribution in [0.5, 0.6) is 0 Å². The number of nitrogens with zero attached hydrogens (tertiary/aromatic N) is 1. The van der Waals surface area contributed by atoms with E-state index in [-0.39, 0.29) is 0 Å². The molecule has 1 rings (SSSR count). The third-order valence-electron chi connectivity index (χ3n) is 1.89. The van der Waals surface area contributed by atoms with E-state index in [4.69, 9.17) is 0 Å². The van der Waals surface area contributed by atoms with E-state index in [9.17, 15) is 0 Å². The molecule has 0 aromatic heterocycles. The van der Waals surface area contributed by atoms with Crippen molar-refractivity contribution < 1.29 is 0 Å². The first-order valence-electron chi connectivity index (χ1n) is 4.01. The van der Waals surface area contributed by atoms with E-state index < -0.39 is 0 Å². The van der Waals surface area contributed by atoms with Gasteiger partial charge < -0.3 is 10.2 Å². The lowest BCUT2D eigenvalue weighted by Crippen LogP contribution is -2.30. The zero-order chi connectivity index (χ0) is 7.40. The highest BCUT2D eigenvalue weighted by Gasteiger charge is 2.13. The molecular weight excluding hydrogens is 124 g/mol. The summed E-state index contributed by atoms with van der Waals surface area (Å²) in [6.07, 6.45) is 2.61. The van der Waals surface area contributed by atoms with Gasteiger partial charge in [0, 0.05) is 6.54 Å². The van der Waals surface area contributed by atoms with Gasteiger partial charge in [0.25, 0.3) is 0 Å². The molecule has 0 bridgehead atoms. The van der Waals surface area contributed by atoms with E-state index >= 15 is 0 Å². The molecule has 1 fully saturated rings. The summed E-state index contributed by atoms with van der Waals surface area (Å²) in [6, 6.07) is 0. The lowest BCUT2D eigenvalue weighted by atomic mass is 9.98. The minimum Gasteiger partial charge on any atom is -0.317 e. The molecule has 0 atom stereocenters. The molecule has 2 heteroatoms. The average Bonchev–Trinajstić information content (AvgIpc) is 1.88. The van der Waals surface area contributed by atoms with Crippen molar-refractivity contribution in [1.29, 1.82) is 0 Å². The fraction of sp³-hybridized carbons (Fsp3) is 0.875. The quantitative estimate of drug-likeness (QED) is 0.609. The molecule has 59 valence electrons. The molecule has 1 heterocycles. The Kier molecular flexibility index (Phi) is 3.16. The molecule has 1 N–H and O–H groups in total. The van der Waals surface area contributed by atoms with E-state index in [1.165, 1.54) is 25.9 Å². The van der Waals surface area contributed by atoms with Crippen LogP contribution in [0.3, 0.4) is 0 Å². The van der Waals surface area contributed by atoms with Crippen LogP contribution in [-0.4, -0.2) is 32.1 Å². The van der Waals surface area contributed by atoms with Crippen molar-refractivity contribution >= 4 is 0 Å². The first kappa shape index (κ1) is 8.02. The van der Waals surface area contributed by atoms with Gasteiger partial charge in [0.2, 0.25) is 0 Å². The molecule has 10 heavy (non-hydrogen) atoms. The second kappa shape index (κ2) is 3.94. The van der Waals surface area contributed by atoms with Crippen molar-refractivity contribution in [3.63, 3.8) is 0 Å². The average molecular weight is 141 g/mol. The third kappa shape index (κ3) is 2.67. The monoisotopic (exact) mass is 141 g/mol. The zero-order valence-corrected chi connectivity index (χ0v) is 6.93. The standard InChI is InChI=1S/C8H17N2/c1-10(2)7-8-3-5-9-6-4-8/h7-9H,3-6H2,1-2H3. The third-order valence-corrected chi connectivity index (χ3v) is 1.89. The maximum Gasteiger partial charge on any atom is 0.0277 e. The molecule has 2 nitrogen and oxygen atoms in total. The Labute approximate surface area is 63.6 Å². The van der Waals surface area contributed by atoms with E-state index in [0.29, 0.717) is 0 Å². The van der Waals surface area contributed by atoms with Crippen LogP contribution in [0.4, 0.5) is 0 Å². The maximum atomic E-state index is 3.35. The van der Waals surface area contributed by atoms with Gasteiger partial charge in [-0.25, -0.2) is 0 Å². The largest absolute Gasteiger partial charge is 0.317 e. The second-order valence-corrected chi connectivity index (χ2v) is 3.20. The normalized spacial score (nSPS) is 21.9.